The monoisotopic (exact) mass is 385 g/mol. The van der Waals surface area contributed by atoms with Crippen molar-refractivity contribution < 1.29 is 33.0 Å². The molecule has 0 spiro atoms. The van der Waals surface area contributed by atoms with E-state index < -0.39 is 24.3 Å². The van der Waals surface area contributed by atoms with E-state index >= 15 is 0 Å². The fourth-order valence-electron chi connectivity index (χ4n) is 2.48. The topological polar surface area (TPSA) is 90.9 Å². The lowest BCUT2D eigenvalue weighted by molar-refractivity contribution is -0.142. The van der Waals surface area contributed by atoms with Gasteiger partial charge >= 0.3 is 5.97 Å². The van der Waals surface area contributed by atoms with Crippen molar-refractivity contribution in [3.8, 4) is 11.5 Å². The van der Waals surface area contributed by atoms with Crippen LogP contribution in [0.25, 0.3) is 6.08 Å². The summed E-state index contributed by atoms with van der Waals surface area (Å²) >= 11 is 0. The maximum absolute atomic E-state index is 13.1. The Morgan fingerprint density at radius 1 is 1.18 bits per heavy atom. The molecule has 1 aliphatic heterocycles. The normalized spacial score (nSPS) is 12.1. The number of hydrogen-bond acceptors (Lipinski definition) is 6. The Morgan fingerprint density at radius 3 is 2.64 bits per heavy atom. The second-order valence-corrected chi connectivity index (χ2v) is 5.85. The van der Waals surface area contributed by atoms with Crippen LogP contribution in [0, 0.1) is 5.82 Å². The number of halogens is 1. The van der Waals surface area contributed by atoms with E-state index in [1.807, 2.05) is 0 Å². The zero-order chi connectivity index (χ0) is 20.1. The van der Waals surface area contributed by atoms with Gasteiger partial charge in [0, 0.05) is 17.7 Å². The van der Waals surface area contributed by atoms with E-state index in [0.717, 1.165) is 6.08 Å². The van der Waals surface area contributed by atoms with Crippen LogP contribution in [0.2, 0.25) is 0 Å². The molecule has 0 unspecified atom stereocenters. The number of benzene rings is 2. The lowest BCUT2D eigenvalue weighted by atomic mass is 10.1. The molecule has 0 aromatic heterocycles. The van der Waals surface area contributed by atoms with Crippen LogP contribution in [0.4, 0.5) is 10.1 Å². The maximum Gasteiger partial charge on any atom is 0.331 e. The highest BCUT2D eigenvalue weighted by Gasteiger charge is 2.20. The number of amides is 1. The minimum atomic E-state index is -0.767. The highest BCUT2D eigenvalue weighted by atomic mass is 19.1. The third-order valence-electron chi connectivity index (χ3n) is 3.77. The summed E-state index contributed by atoms with van der Waals surface area (Å²) in [4.78, 5) is 35.6. The maximum atomic E-state index is 13.1. The largest absolute Gasteiger partial charge is 0.454 e. The standard InChI is InChI=1S/C20H16FNO6/c1-12(23)15-8-17-18(28-11-27-17)9-16(15)22-19(24)10-26-20(25)6-5-13-3-2-4-14(21)7-13/h2-9H,10-11H2,1H3,(H,22,24)/b6-5+. The molecule has 0 saturated carbocycles. The van der Waals surface area contributed by atoms with Crippen molar-refractivity contribution in [2.75, 3.05) is 18.7 Å². The predicted octanol–water partition coefficient (Wildman–Crippen LogP) is 2.95. The summed E-state index contributed by atoms with van der Waals surface area (Å²) in [6, 6.07) is 8.61. The molecule has 1 aliphatic rings. The quantitative estimate of drug-likeness (QED) is 0.467. The van der Waals surface area contributed by atoms with Crippen molar-refractivity contribution in [3.05, 3.63) is 59.4 Å². The lowest BCUT2D eigenvalue weighted by Crippen LogP contribution is -2.21. The smallest absolute Gasteiger partial charge is 0.331 e. The zero-order valence-corrected chi connectivity index (χ0v) is 14.9. The van der Waals surface area contributed by atoms with E-state index in [0.29, 0.717) is 17.1 Å². The number of nitrogens with one attached hydrogen (secondary N) is 1. The number of carbonyl (C=O) groups excluding carboxylic acids is 3. The van der Waals surface area contributed by atoms with Crippen molar-refractivity contribution >= 4 is 29.4 Å². The highest BCUT2D eigenvalue weighted by Crippen LogP contribution is 2.37. The summed E-state index contributed by atoms with van der Waals surface area (Å²) in [5.74, 6) is -1.29. The van der Waals surface area contributed by atoms with Crippen LogP contribution in [-0.4, -0.2) is 31.1 Å². The molecule has 8 heteroatoms. The van der Waals surface area contributed by atoms with E-state index in [4.69, 9.17) is 14.2 Å². The van der Waals surface area contributed by atoms with Gasteiger partial charge in [-0.2, -0.15) is 0 Å². The van der Waals surface area contributed by atoms with Crippen molar-refractivity contribution in [2.24, 2.45) is 0 Å². The minimum absolute atomic E-state index is 0.0271. The Bertz CT molecular complexity index is 969. The first-order valence-corrected chi connectivity index (χ1v) is 8.27. The van der Waals surface area contributed by atoms with Gasteiger partial charge in [-0.25, -0.2) is 9.18 Å². The molecule has 0 bridgehead atoms. The Balaban J connectivity index is 1.58. The molecule has 2 aromatic carbocycles. The molecule has 0 radical (unpaired) electrons. The number of ketones is 1. The molecule has 0 atom stereocenters. The Labute approximate surface area is 159 Å². The van der Waals surface area contributed by atoms with Gasteiger partial charge in [-0.05, 0) is 36.8 Å². The Kier molecular flexibility index (Phi) is 5.69. The molecule has 0 aliphatic carbocycles. The van der Waals surface area contributed by atoms with Crippen molar-refractivity contribution in [2.45, 2.75) is 6.92 Å². The van der Waals surface area contributed by atoms with E-state index in [1.54, 1.807) is 6.07 Å². The number of ether oxygens (including phenoxy) is 3. The van der Waals surface area contributed by atoms with Crippen LogP contribution >= 0.6 is 0 Å². The van der Waals surface area contributed by atoms with Gasteiger partial charge in [-0.15, -0.1) is 0 Å². The van der Waals surface area contributed by atoms with Crippen LogP contribution in [0.15, 0.2) is 42.5 Å². The van der Waals surface area contributed by atoms with Gasteiger partial charge in [0.25, 0.3) is 5.91 Å². The zero-order valence-electron chi connectivity index (χ0n) is 14.9. The van der Waals surface area contributed by atoms with Gasteiger partial charge in [0.2, 0.25) is 6.79 Å². The average Bonchev–Trinajstić information content (AvgIpc) is 3.11. The summed E-state index contributed by atoms with van der Waals surface area (Å²) in [6.45, 7) is 0.821. The molecular formula is C20H16FNO6. The molecule has 0 saturated heterocycles. The van der Waals surface area contributed by atoms with Crippen LogP contribution < -0.4 is 14.8 Å². The molecule has 3 rings (SSSR count). The fraction of sp³-hybridized carbons (Fsp3) is 0.150. The molecule has 1 N–H and O–H groups in total. The average molecular weight is 385 g/mol. The van der Waals surface area contributed by atoms with Crippen LogP contribution in [0.1, 0.15) is 22.8 Å². The second kappa shape index (κ2) is 8.34. The SMILES string of the molecule is CC(=O)c1cc2c(cc1NC(=O)COC(=O)/C=C/c1cccc(F)c1)OCO2. The number of esters is 1. The Hall–Kier alpha value is -3.68. The second-order valence-electron chi connectivity index (χ2n) is 5.85. The number of hydrogen-bond donors (Lipinski definition) is 1. The van der Waals surface area contributed by atoms with Crippen molar-refractivity contribution in [1.29, 1.82) is 0 Å². The lowest BCUT2D eigenvalue weighted by Gasteiger charge is -2.10. The molecule has 144 valence electrons. The van der Waals surface area contributed by atoms with Crippen LogP contribution in [-0.2, 0) is 14.3 Å². The van der Waals surface area contributed by atoms with Crippen molar-refractivity contribution in [3.63, 3.8) is 0 Å². The van der Waals surface area contributed by atoms with E-state index in [1.165, 1.54) is 43.3 Å². The summed E-state index contributed by atoms with van der Waals surface area (Å²) < 4.78 is 28.4. The number of anilines is 1. The first-order chi connectivity index (χ1) is 13.4. The molecule has 1 amide bonds. The minimum Gasteiger partial charge on any atom is -0.454 e. The summed E-state index contributed by atoms with van der Waals surface area (Å²) in [6.07, 6.45) is 2.46. The third kappa shape index (κ3) is 4.73. The number of Topliss-reactive ketones (excluding diaryl/α,β-unsaturated/α-hetero) is 1. The summed E-state index contributed by atoms with van der Waals surface area (Å²) in [7, 11) is 0. The first-order valence-electron chi connectivity index (χ1n) is 8.27. The molecule has 2 aromatic rings. The molecule has 0 fully saturated rings. The predicted molar refractivity (Wildman–Crippen MR) is 97.6 cm³/mol. The van der Waals surface area contributed by atoms with Crippen molar-refractivity contribution in [1.82, 2.24) is 0 Å². The van der Waals surface area contributed by atoms with Gasteiger partial charge < -0.3 is 19.5 Å². The van der Waals surface area contributed by atoms with E-state index in [-0.39, 0.29) is 23.8 Å². The number of carbonyl (C=O) groups is 3. The first kappa shape index (κ1) is 19.1. The van der Waals surface area contributed by atoms with Gasteiger partial charge in [0.1, 0.15) is 5.82 Å². The summed E-state index contributed by atoms with van der Waals surface area (Å²) in [5, 5.41) is 2.51. The fourth-order valence-corrected chi connectivity index (χ4v) is 2.48. The van der Waals surface area contributed by atoms with E-state index in [2.05, 4.69) is 5.32 Å². The van der Waals surface area contributed by atoms with E-state index in [9.17, 15) is 18.8 Å². The molecule has 1 heterocycles. The Morgan fingerprint density at radius 2 is 1.93 bits per heavy atom. The number of rotatable bonds is 6. The van der Waals surface area contributed by atoms with Crippen LogP contribution in [0.3, 0.4) is 0 Å². The van der Waals surface area contributed by atoms with Gasteiger partial charge in [-0.1, -0.05) is 12.1 Å². The van der Waals surface area contributed by atoms with Gasteiger partial charge in [0.05, 0.1) is 5.69 Å². The third-order valence-corrected chi connectivity index (χ3v) is 3.77. The highest BCUT2D eigenvalue weighted by molar-refractivity contribution is 6.05. The summed E-state index contributed by atoms with van der Waals surface area (Å²) in [5.41, 5.74) is 0.955. The number of fused-ring (bicyclic) bond motifs is 1. The van der Waals surface area contributed by atoms with Gasteiger partial charge in [0.15, 0.2) is 23.9 Å². The van der Waals surface area contributed by atoms with Gasteiger partial charge in [-0.3, -0.25) is 9.59 Å². The molecular weight excluding hydrogens is 369 g/mol. The van der Waals surface area contributed by atoms with Crippen LogP contribution in [0.5, 0.6) is 11.5 Å². The molecule has 7 nitrogen and oxygen atoms in total. The molecule has 28 heavy (non-hydrogen) atoms.